The number of anilines is 1. The second-order valence-electron chi connectivity index (χ2n) is 3.56. The molecule has 0 heterocycles. The maximum atomic E-state index is 11.4. The lowest BCUT2D eigenvalue weighted by Gasteiger charge is -2.06. The monoisotopic (exact) mass is 250 g/mol. The number of benzene rings is 1. The Balaban J connectivity index is 2.44. The zero-order valence-corrected chi connectivity index (χ0v) is 10.8. The SMILES string of the molecule is C=CCNC(=O)Nc1ccc(CCSC)cc1. The molecule has 0 spiro atoms. The highest BCUT2D eigenvalue weighted by atomic mass is 32.2. The van der Waals surface area contributed by atoms with Gasteiger partial charge in [-0.2, -0.15) is 11.8 Å². The van der Waals surface area contributed by atoms with E-state index >= 15 is 0 Å². The average molecular weight is 250 g/mol. The first-order chi connectivity index (χ1) is 8.26. The number of aryl methyl sites for hydroxylation is 1. The molecule has 2 amide bonds. The summed E-state index contributed by atoms with van der Waals surface area (Å²) in [5.74, 6) is 1.12. The van der Waals surface area contributed by atoms with E-state index in [0.29, 0.717) is 6.54 Å². The summed E-state index contributed by atoms with van der Waals surface area (Å²) < 4.78 is 0. The third-order valence-corrected chi connectivity index (χ3v) is 2.83. The Hall–Kier alpha value is -1.42. The molecule has 3 nitrogen and oxygen atoms in total. The van der Waals surface area contributed by atoms with Crippen molar-refractivity contribution < 1.29 is 4.79 Å². The quantitative estimate of drug-likeness (QED) is 0.762. The standard InChI is InChI=1S/C13H18N2OS/c1-3-9-14-13(16)15-12-6-4-11(5-7-12)8-10-17-2/h3-7H,1,8-10H2,2H3,(H2,14,15,16). The molecule has 0 aliphatic carbocycles. The molecule has 1 aromatic carbocycles. The summed E-state index contributed by atoms with van der Waals surface area (Å²) in [6.45, 7) is 4.01. The third kappa shape index (κ3) is 5.45. The van der Waals surface area contributed by atoms with Gasteiger partial charge in [-0.1, -0.05) is 18.2 Å². The Kier molecular flexibility index (Phi) is 6.25. The molecule has 1 rings (SSSR count). The molecule has 0 aliphatic heterocycles. The minimum Gasteiger partial charge on any atom is -0.334 e. The van der Waals surface area contributed by atoms with E-state index in [9.17, 15) is 4.79 Å². The molecule has 0 atom stereocenters. The molecule has 0 fully saturated rings. The largest absolute Gasteiger partial charge is 0.334 e. The van der Waals surface area contributed by atoms with E-state index in [0.717, 1.165) is 17.9 Å². The van der Waals surface area contributed by atoms with Crippen molar-refractivity contribution >= 4 is 23.5 Å². The lowest BCUT2D eigenvalue weighted by Crippen LogP contribution is -2.28. The van der Waals surface area contributed by atoms with E-state index in [1.165, 1.54) is 5.56 Å². The summed E-state index contributed by atoms with van der Waals surface area (Å²) in [4.78, 5) is 11.4. The predicted molar refractivity (Wildman–Crippen MR) is 75.7 cm³/mol. The van der Waals surface area contributed by atoms with Crippen molar-refractivity contribution in [1.29, 1.82) is 0 Å². The van der Waals surface area contributed by atoms with Gasteiger partial charge in [-0.25, -0.2) is 4.79 Å². The molecule has 0 radical (unpaired) electrons. The molecule has 0 unspecified atom stereocenters. The number of urea groups is 1. The molecule has 0 aromatic heterocycles. The van der Waals surface area contributed by atoms with Crippen LogP contribution in [0.3, 0.4) is 0 Å². The van der Waals surface area contributed by atoms with E-state index in [2.05, 4.69) is 23.5 Å². The van der Waals surface area contributed by atoms with Crippen molar-refractivity contribution in [3.8, 4) is 0 Å². The number of rotatable bonds is 6. The van der Waals surface area contributed by atoms with Gasteiger partial charge >= 0.3 is 6.03 Å². The number of carbonyl (C=O) groups is 1. The molecule has 1 aromatic rings. The van der Waals surface area contributed by atoms with Crippen molar-refractivity contribution in [2.24, 2.45) is 0 Å². The maximum absolute atomic E-state index is 11.4. The Morgan fingerprint density at radius 1 is 1.41 bits per heavy atom. The highest BCUT2D eigenvalue weighted by molar-refractivity contribution is 7.98. The van der Waals surface area contributed by atoms with Crippen LogP contribution in [0.5, 0.6) is 0 Å². The fourth-order valence-corrected chi connectivity index (χ4v) is 1.75. The van der Waals surface area contributed by atoms with Crippen molar-refractivity contribution in [2.45, 2.75) is 6.42 Å². The first kappa shape index (κ1) is 13.6. The van der Waals surface area contributed by atoms with Gasteiger partial charge in [-0.15, -0.1) is 6.58 Å². The lowest BCUT2D eigenvalue weighted by atomic mass is 10.1. The highest BCUT2D eigenvalue weighted by Crippen LogP contribution is 2.11. The van der Waals surface area contributed by atoms with Gasteiger partial charge in [0, 0.05) is 12.2 Å². The Morgan fingerprint density at radius 3 is 2.71 bits per heavy atom. The molecular weight excluding hydrogens is 232 g/mol. The summed E-state index contributed by atoms with van der Waals surface area (Å²) in [6.07, 6.45) is 4.80. The number of hydrogen-bond donors (Lipinski definition) is 2. The van der Waals surface area contributed by atoms with Crippen LogP contribution in [0.25, 0.3) is 0 Å². The van der Waals surface area contributed by atoms with E-state index < -0.39 is 0 Å². The van der Waals surface area contributed by atoms with Gasteiger partial charge in [-0.05, 0) is 36.1 Å². The van der Waals surface area contributed by atoms with E-state index in [1.54, 1.807) is 6.08 Å². The topological polar surface area (TPSA) is 41.1 Å². The van der Waals surface area contributed by atoms with Crippen LogP contribution < -0.4 is 10.6 Å². The second kappa shape index (κ2) is 7.79. The van der Waals surface area contributed by atoms with Gasteiger partial charge in [-0.3, -0.25) is 0 Å². The lowest BCUT2D eigenvalue weighted by molar-refractivity contribution is 0.253. The van der Waals surface area contributed by atoms with Crippen LogP contribution >= 0.6 is 11.8 Å². The van der Waals surface area contributed by atoms with Crippen LogP contribution in [0, 0.1) is 0 Å². The van der Waals surface area contributed by atoms with Crippen LogP contribution in [0.1, 0.15) is 5.56 Å². The zero-order valence-electron chi connectivity index (χ0n) is 10.0. The molecule has 0 saturated heterocycles. The van der Waals surface area contributed by atoms with Crippen LogP contribution in [0.4, 0.5) is 10.5 Å². The molecule has 92 valence electrons. The number of hydrogen-bond acceptors (Lipinski definition) is 2. The van der Waals surface area contributed by atoms with Crippen molar-refractivity contribution in [1.82, 2.24) is 5.32 Å². The highest BCUT2D eigenvalue weighted by Gasteiger charge is 1.99. The summed E-state index contributed by atoms with van der Waals surface area (Å²) in [6, 6.07) is 7.71. The van der Waals surface area contributed by atoms with Gasteiger partial charge in [0.15, 0.2) is 0 Å². The number of carbonyl (C=O) groups excluding carboxylic acids is 1. The molecule has 0 aliphatic rings. The maximum Gasteiger partial charge on any atom is 0.319 e. The summed E-state index contributed by atoms with van der Waals surface area (Å²) in [7, 11) is 0. The third-order valence-electron chi connectivity index (χ3n) is 2.21. The molecule has 0 bridgehead atoms. The predicted octanol–water partition coefficient (Wildman–Crippen LogP) is 2.90. The Labute approximate surface area is 107 Å². The van der Waals surface area contributed by atoms with Gasteiger partial charge in [0.05, 0.1) is 0 Å². The fraction of sp³-hybridized carbons (Fsp3) is 0.308. The van der Waals surface area contributed by atoms with E-state index in [1.807, 2.05) is 36.0 Å². The number of thioether (sulfide) groups is 1. The fourth-order valence-electron chi connectivity index (χ4n) is 1.31. The van der Waals surface area contributed by atoms with Crippen LogP contribution in [-0.2, 0) is 6.42 Å². The van der Waals surface area contributed by atoms with Crippen LogP contribution in [0.2, 0.25) is 0 Å². The summed E-state index contributed by atoms with van der Waals surface area (Å²) >= 11 is 1.83. The minimum absolute atomic E-state index is 0.207. The van der Waals surface area contributed by atoms with Crippen LogP contribution in [0.15, 0.2) is 36.9 Å². The normalized spacial score (nSPS) is 9.71. The van der Waals surface area contributed by atoms with E-state index in [-0.39, 0.29) is 6.03 Å². The smallest absolute Gasteiger partial charge is 0.319 e. The Morgan fingerprint density at radius 2 is 2.12 bits per heavy atom. The molecule has 0 saturated carbocycles. The van der Waals surface area contributed by atoms with E-state index in [4.69, 9.17) is 0 Å². The Bertz CT molecular complexity index is 362. The van der Waals surface area contributed by atoms with Crippen molar-refractivity contribution in [3.05, 3.63) is 42.5 Å². The first-order valence-electron chi connectivity index (χ1n) is 5.50. The van der Waals surface area contributed by atoms with Gasteiger partial charge in [0.25, 0.3) is 0 Å². The van der Waals surface area contributed by atoms with Gasteiger partial charge < -0.3 is 10.6 Å². The first-order valence-corrected chi connectivity index (χ1v) is 6.89. The molecule has 17 heavy (non-hydrogen) atoms. The number of nitrogens with one attached hydrogen (secondary N) is 2. The molecular formula is C13H18N2OS. The summed E-state index contributed by atoms with van der Waals surface area (Å²) in [5, 5.41) is 5.42. The summed E-state index contributed by atoms with van der Waals surface area (Å²) in [5.41, 5.74) is 2.09. The van der Waals surface area contributed by atoms with Crippen molar-refractivity contribution in [3.63, 3.8) is 0 Å². The molecule has 2 N–H and O–H groups in total. The average Bonchev–Trinajstić information content (AvgIpc) is 2.35. The second-order valence-corrected chi connectivity index (χ2v) is 4.55. The zero-order chi connectivity index (χ0) is 12.5. The van der Waals surface area contributed by atoms with Gasteiger partial charge in [0.2, 0.25) is 0 Å². The van der Waals surface area contributed by atoms with Crippen LogP contribution in [-0.4, -0.2) is 24.6 Å². The van der Waals surface area contributed by atoms with Crippen molar-refractivity contribution in [2.75, 3.05) is 23.9 Å². The number of amides is 2. The van der Waals surface area contributed by atoms with Gasteiger partial charge in [0.1, 0.15) is 0 Å². The minimum atomic E-state index is -0.207. The molecule has 4 heteroatoms.